The molecule has 0 saturated carbocycles. The summed E-state index contributed by atoms with van der Waals surface area (Å²) in [5.74, 6) is 0.132. The van der Waals surface area contributed by atoms with Gasteiger partial charge in [0.15, 0.2) is 5.03 Å². The van der Waals surface area contributed by atoms with Gasteiger partial charge in [-0.2, -0.15) is 0 Å². The Morgan fingerprint density at radius 3 is 2.57 bits per heavy atom. The molecular formula is C20H15N5O2S. The number of para-hydroxylation sites is 1. The van der Waals surface area contributed by atoms with Gasteiger partial charge in [-0.25, -0.2) is 9.97 Å². The quantitative estimate of drug-likeness (QED) is 0.287. The number of benzene rings is 2. The first-order valence-corrected chi connectivity index (χ1v) is 9.28. The van der Waals surface area contributed by atoms with Gasteiger partial charge in [-0.05, 0) is 31.2 Å². The second-order valence-corrected chi connectivity index (χ2v) is 7.12. The highest BCUT2D eigenvalue weighted by atomic mass is 32.2. The van der Waals surface area contributed by atoms with Crippen molar-refractivity contribution in [3.8, 4) is 0 Å². The van der Waals surface area contributed by atoms with E-state index in [1.54, 1.807) is 6.20 Å². The molecule has 2 heterocycles. The van der Waals surface area contributed by atoms with E-state index in [4.69, 9.17) is 0 Å². The molecule has 0 radical (unpaired) electrons. The van der Waals surface area contributed by atoms with E-state index in [-0.39, 0.29) is 16.5 Å². The summed E-state index contributed by atoms with van der Waals surface area (Å²) in [7, 11) is 0. The molecule has 138 valence electrons. The van der Waals surface area contributed by atoms with Gasteiger partial charge in [0.2, 0.25) is 5.82 Å². The minimum Gasteiger partial charge on any atom is -0.333 e. The highest BCUT2D eigenvalue weighted by molar-refractivity contribution is 7.99. The van der Waals surface area contributed by atoms with Gasteiger partial charge < -0.3 is 5.32 Å². The first-order chi connectivity index (χ1) is 13.6. The van der Waals surface area contributed by atoms with Gasteiger partial charge >= 0.3 is 5.69 Å². The zero-order chi connectivity index (χ0) is 19.5. The van der Waals surface area contributed by atoms with Gasteiger partial charge in [0.1, 0.15) is 6.33 Å². The van der Waals surface area contributed by atoms with Crippen molar-refractivity contribution in [2.24, 2.45) is 0 Å². The number of nitrogens with zero attached hydrogens (tertiary/aromatic N) is 4. The van der Waals surface area contributed by atoms with Gasteiger partial charge in [-0.15, -0.1) is 0 Å². The average Bonchev–Trinajstić information content (AvgIpc) is 2.70. The van der Waals surface area contributed by atoms with E-state index < -0.39 is 4.92 Å². The molecular weight excluding hydrogens is 374 g/mol. The molecule has 0 bridgehead atoms. The zero-order valence-corrected chi connectivity index (χ0v) is 15.7. The Morgan fingerprint density at radius 1 is 1.00 bits per heavy atom. The van der Waals surface area contributed by atoms with Crippen LogP contribution in [0.1, 0.15) is 5.56 Å². The van der Waals surface area contributed by atoms with Crippen LogP contribution in [0.25, 0.3) is 10.9 Å². The van der Waals surface area contributed by atoms with E-state index in [2.05, 4.69) is 20.3 Å². The van der Waals surface area contributed by atoms with Crippen LogP contribution in [0, 0.1) is 17.0 Å². The van der Waals surface area contributed by atoms with Crippen LogP contribution >= 0.6 is 11.8 Å². The number of aryl methyl sites for hydroxylation is 1. The number of hydrogen-bond donors (Lipinski definition) is 1. The van der Waals surface area contributed by atoms with Crippen molar-refractivity contribution in [1.29, 1.82) is 0 Å². The summed E-state index contributed by atoms with van der Waals surface area (Å²) in [4.78, 5) is 24.8. The Morgan fingerprint density at radius 2 is 1.79 bits per heavy atom. The highest BCUT2D eigenvalue weighted by Crippen LogP contribution is 2.38. The van der Waals surface area contributed by atoms with Crippen molar-refractivity contribution in [3.63, 3.8) is 0 Å². The number of fused-ring (bicyclic) bond motifs is 1. The van der Waals surface area contributed by atoms with Crippen molar-refractivity contribution in [3.05, 3.63) is 82.8 Å². The minimum absolute atomic E-state index is 0.132. The van der Waals surface area contributed by atoms with E-state index in [9.17, 15) is 10.1 Å². The molecule has 28 heavy (non-hydrogen) atoms. The van der Waals surface area contributed by atoms with Crippen molar-refractivity contribution in [1.82, 2.24) is 15.0 Å². The van der Waals surface area contributed by atoms with Crippen LogP contribution in [-0.2, 0) is 0 Å². The summed E-state index contributed by atoms with van der Waals surface area (Å²) < 4.78 is 0. The van der Waals surface area contributed by atoms with E-state index in [0.717, 1.165) is 15.8 Å². The maximum absolute atomic E-state index is 11.8. The van der Waals surface area contributed by atoms with Gasteiger partial charge in [0.25, 0.3) is 0 Å². The standard InChI is InChI=1S/C20H15N5O2S/c1-13-7-9-15(10-8-13)28-20-18(25(26)27)19(22-12-23-20)24-16-6-2-4-14-5-3-11-21-17(14)16/h2-12H,1H3,(H,22,23,24). The van der Waals surface area contributed by atoms with Crippen molar-refractivity contribution >= 4 is 39.9 Å². The minimum atomic E-state index is -0.461. The Labute approximate surface area is 165 Å². The lowest BCUT2D eigenvalue weighted by atomic mass is 10.2. The third-order valence-electron chi connectivity index (χ3n) is 4.09. The van der Waals surface area contributed by atoms with E-state index in [1.807, 2.05) is 61.5 Å². The molecule has 0 spiro atoms. The number of pyridine rings is 1. The first kappa shape index (κ1) is 17.9. The molecule has 0 unspecified atom stereocenters. The molecule has 0 atom stereocenters. The third kappa shape index (κ3) is 3.63. The lowest BCUT2D eigenvalue weighted by molar-refractivity contribution is -0.387. The Hall–Kier alpha value is -3.52. The second kappa shape index (κ2) is 7.61. The van der Waals surface area contributed by atoms with Gasteiger partial charge in [0, 0.05) is 16.5 Å². The topological polar surface area (TPSA) is 93.8 Å². The SMILES string of the molecule is Cc1ccc(Sc2ncnc(Nc3cccc4cccnc34)c2[N+](=O)[O-])cc1. The average molecular weight is 389 g/mol. The number of anilines is 2. The summed E-state index contributed by atoms with van der Waals surface area (Å²) >= 11 is 1.23. The molecule has 1 N–H and O–H groups in total. The van der Waals surface area contributed by atoms with Crippen LogP contribution in [0.2, 0.25) is 0 Å². The number of nitrogens with one attached hydrogen (secondary N) is 1. The Balaban J connectivity index is 1.74. The van der Waals surface area contributed by atoms with Gasteiger partial charge in [-0.1, -0.05) is 47.7 Å². The number of hydrogen-bond acceptors (Lipinski definition) is 7. The normalized spacial score (nSPS) is 10.8. The molecule has 0 aliphatic rings. The van der Waals surface area contributed by atoms with Crippen LogP contribution in [0.5, 0.6) is 0 Å². The summed E-state index contributed by atoms with van der Waals surface area (Å²) in [6.45, 7) is 1.99. The summed E-state index contributed by atoms with van der Waals surface area (Å²) in [5, 5.41) is 16.1. The van der Waals surface area contributed by atoms with E-state index in [0.29, 0.717) is 11.2 Å². The highest BCUT2D eigenvalue weighted by Gasteiger charge is 2.24. The number of rotatable bonds is 5. The van der Waals surface area contributed by atoms with Crippen molar-refractivity contribution in [2.75, 3.05) is 5.32 Å². The molecule has 7 nitrogen and oxygen atoms in total. The summed E-state index contributed by atoms with van der Waals surface area (Å²) in [6.07, 6.45) is 3.00. The fraction of sp³-hybridized carbons (Fsp3) is 0.0500. The fourth-order valence-corrected chi connectivity index (χ4v) is 3.61. The van der Waals surface area contributed by atoms with Crippen LogP contribution < -0.4 is 5.32 Å². The molecule has 2 aromatic carbocycles. The number of aromatic nitrogens is 3. The predicted octanol–water partition coefficient (Wildman–Crippen LogP) is 5.14. The largest absolute Gasteiger partial charge is 0.343 e. The molecule has 8 heteroatoms. The monoisotopic (exact) mass is 389 g/mol. The van der Waals surface area contributed by atoms with Gasteiger partial charge in [0.05, 0.1) is 16.1 Å². The van der Waals surface area contributed by atoms with Crippen LogP contribution in [0.3, 0.4) is 0 Å². The molecule has 0 fully saturated rings. The maximum Gasteiger partial charge on any atom is 0.343 e. The molecule has 2 aromatic heterocycles. The maximum atomic E-state index is 11.8. The van der Waals surface area contributed by atoms with Crippen LogP contribution in [0.15, 0.2) is 77.0 Å². The Bertz CT molecular complexity index is 1160. The molecule has 0 saturated heterocycles. The fourth-order valence-electron chi connectivity index (χ4n) is 2.74. The molecule has 4 rings (SSSR count). The molecule has 0 amide bonds. The van der Waals surface area contributed by atoms with E-state index >= 15 is 0 Å². The molecule has 0 aliphatic heterocycles. The second-order valence-electron chi connectivity index (χ2n) is 6.05. The molecule has 4 aromatic rings. The molecule has 0 aliphatic carbocycles. The first-order valence-electron chi connectivity index (χ1n) is 8.46. The van der Waals surface area contributed by atoms with Crippen LogP contribution in [-0.4, -0.2) is 19.9 Å². The van der Waals surface area contributed by atoms with Crippen molar-refractivity contribution < 1.29 is 4.92 Å². The summed E-state index contributed by atoms with van der Waals surface area (Å²) in [6, 6.07) is 17.1. The predicted molar refractivity (Wildman–Crippen MR) is 109 cm³/mol. The number of nitro groups is 1. The smallest absolute Gasteiger partial charge is 0.333 e. The lowest BCUT2D eigenvalue weighted by Gasteiger charge is -2.10. The lowest BCUT2D eigenvalue weighted by Crippen LogP contribution is -2.03. The Kier molecular flexibility index (Phi) is 4.86. The third-order valence-corrected chi connectivity index (χ3v) is 5.09. The zero-order valence-electron chi connectivity index (χ0n) is 14.9. The summed E-state index contributed by atoms with van der Waals surface area (Å²) in [5.41, 5.74) is 2.31. The van der Waals surface area contributed by atoms with Crippen LogP contribution in [0.4, 0.5) is 17.2 Å². The van der Waals surface area contributed by atoms with E-state index in [1.165, 1.54) is 18.1 Å². The van der Waals surface area contributed by atoms with Crippen molar-refractivity contribution in [2.45, 2.75) is 16.8 Å². The van der Waals surface area contributed by atoms with Gasteiger partial charge in [-0.3, -0.25) is 15.1 Å².